The third-order valence-corrected chi connectivity index (χ3v) is 3.91. The molecule has 1 aromatic heterocycles. The van der Waals surface area contributed by atoms with Gasteiger partial charge in [-0.3, -0.25) is 4.79 Å². The van der Waals surface area contributed by atoms with E-state index in [1.807, 2.05) is 0 Å². The number of ether oxygens (including phenoxy) is 1. The minimum absolute atomic E-state index is 0.0953. The zero-order valence-electron chi connectivity index (χ0n) is 13.4. The summed E-state index contributed by atoms with van der Waals surface area (Å²) in [5.41, 5.74) is 5.72. The lowest BCUT2D eigenvalue weighted by molar-refractivity contribution is -0.0591. The van der Waals surface area contributed by atoms with Gasteiger partial charge in [0.05, 0.1) is 6.61 Å². The molecule has 1 aromatic carbocycles. The number of primary amides is 1. The molecule has 1 saturated heterocycles. The van der Waals surface area contributed by atoms with Crippen LogP contribution in [0.5, 0.6) is 0 Å². The van der Waals surface area contributed by atoms with Gasteiger partial charge in [-0.1, -0.05) is 18.2 Å². The average molecular weight is 364 g/mol. The van der Waals surface area contributed by atoms with Gasteiger partial charge < -0.3 is 25.8 Å². The lowest BCUT2D eigenvalue weighted by Crippen LogP contribution is -2.33. The Hall–Kier alpha value is -2.66. The lowest BCUT2D eigenvalue weighted by Gasteiger charge is -2.15. The van der Waals surface area contributed by atoms with Gasteiger partial charge in [0, 0.05) is 0 Å². The van der Waals surface area contributed by atoms with Gasteiger partial charge >= 0.3 is 0 Å². The van der Waals surface area contributed by atoms with Crippen LogP contribution in [0.15, 0.2) is 24.3 Å². The number of hydrogen-bond donors (Lipinski definition) is 4. The Balaban J connectivity index is 1.96. The molecule has 4 atom stereocenters. The van der Waals surface area contributed by atoms with Gasteiger partial charge in [-0.25, -0.2) is 14.1 Å². The number of hydrogen-bond acceptors (Lipinski definition) is 7. The summed E-state index contributed by atoms with van der Waals surface area (Å²) < 4.78 is 19.7. The second-order valence-corrected chi connectivity index (χ2v) is 5.72. The molecule has 0 bridgehead atoms. The highest BCUT2D eigenvalue weighted by Crippen LogP contribution is 2.30. The van der Waals surface area contributed by atoms with E-state index in [9.17, 15) is 24.5 Å². The minimum Gasteiger partial charge on any atom is -0.394 e. The summed E-state index contributed by atoms with van der Waals surface area (Å²) in [4.78, 5) is 15.3. The van der Waals surface area contributed by atoms with Crippen LogP contribution in [0.4, 0.5) is 4.39 Å². The molecule has 0 aliphatic carbocycles. The van der Waals surface area contributed by atoms with E-state index < -0.39 is 42.9 Å². The largest absolute Gasteiger partial charge is 0.394 e. The molecule has 5 N–H and O–H groups in total. The first-order chi connectivity index (χ1) is 12.4. The highest BCUT2D eigenvalue weighted by molar-refractivity contribution is 5.89. The molecule has 26 heavy (non-hydrogen) atoms. The van der Waals surface area contributed by atoms with Crippen LogP contribution >= 0.6 is 0 Å². The number of nitrogens with two attached hydrogens (primary N) is 1. The van der Waals surface area contributed by atoms with Gasteiger partial charge in [-0.2, -0.15) is 0 Å². The Morgan fingerprint density at radius 1 is 1.35 bits per heavy atom. The van der Waals surface area contributed by atoms with Crippen LogP contribution in [0, 0.1) is 5.82 Å². The number of aliphatic hydroxyl groups is 3. The van der Waals surface area contributed by atoms with E-state index >= 15 is 0 Å². The van der Waals surface area contributed by atoms with Crippen molar-refractivity contribution < 1.29 is 29.2 Å². The maximum atomic E-state index is 13.3. The molecular weight excluding hydrogens is 347 g/mol. The van der Waals surface area contributed by atoms with Crippen molar-refractivity contribution in [2.24, 2.45) is 5.73 Å². The van der Waals surface area contributed by atoms with Crippen LogP contribution in [0.3, 0.4) is 0 Å². The van der Waals surface area contributed by atoms with Crippen molar-refractivity contribution in [1.82, 2.24) is 14.8 Å². The Morgan fingerprint density at radius 3 is 2.73 bits per heavy atom. The molecule has 0 spiro atoms. The normalized spacial score (nSPS) is 25.8. The van der Waals surface area contributed by atoms with Crippen molar-refractivity contribution in [3.63, 3.8) is 0 Å². The third kappa shape index (κ3) is 3.48. The van der Waals surface area contributed by atoms with Crippen LogP contribution in [-0.4, -0.2) is 60.9 Å². The zero-order chi connectivity index (χ0) is 18.8. The quantitative estimate of drug-likeness (QED) is 0.549. The average Bonchev–Trinajstić information content (AvgIpc) is 3.15. The predicted octanol–water partition coefficient (Wildman–Crippen LogP) is -0.702. The van der Waals surface area contributed by atoms with E-state index in [1.165, 1.54) is 30.4 Å². The number of amides is 1. The van der Waals surface area contributed by atoms with E-state index in [2.05, 4.69) is 10.1 Å². The molecule has 2 aromatic rings. The molecule has 0 unspecified atom stereocenters. The Labute approximate surface area is 147 Å². The summed E-state index contributed by atoms with van der Waals surface area (Å²) in [7, 11) is 0. The lowest BCUT2D eigenvalue weighted by atomic mass is 10.1. The molecule has 1 fully saturated rings. The molecule has 1 aliphatic rings. The molecule has 0 radical (unpaired) electrons. The number of aromatic nitrogens is 3. The van der Waals surface area contributed by atoms with Crippen molar-refractivity contribution >= 4 is 18.1 Å². The van der Waals surface area contributed by atoms with Crippen molar-refractivity contribution in [3.05, 3.63) is 47.3 Å². The summed E-state index contributed by atoms with van der Waals surface area (Å²) >= 11 is 0. The summed E-state index contributed by atoms with van der Waals surface area (Å²) in [6.07, 6.45) is -1.99. The van der Waals surface area contributed by atoms with Gasteiger partial charge in [-0.15, -0.1) is 5.10 Å². The molecular formula is C16H17FN4O5. The summed E-state index contributed by atoms with van der Waals surface area (Å²) in [5.74, 6) is -1.54. The van der Waals surface area contributed by atoms with Gasteiger partial charge in [0.2, 0.25) is 5.82 Å². The van der Waals surface area contributed by atoms with Crippen LogP contribution in [0.25, 0.3) is 12.2 Å². The van der Waals surface area contributed by atoms with Gasteiger partial charge in [-0.05, 0) is 23.8 Å². The van der Waals surface area contributed by atoms with E-state index in [-0.39, 0.29) is 11.6 Å². The standard InChI is InChI=1S/C16H17FN4O5/c17-9-3-1-2-8(6-9)4-5-11-19-15(14(18)25)20-21(11)16-13(24)12(23)10(7-22)26-16/h1-6,10,12-13,16,22-24H,7H2,(H2,18,25)/b5-4-/t10-,12-,13-,16-/m1/s1. The van der Waals surface area contributed by atoms with Gasteiger partial charge in [0.1, 0.15) is 24.1 Å². The Morgan fingerprint density at radius 2 is 2.12 bits per heavy atom. The second-order valence-electron chi connectivity index (χ2n) is 5.72. The topological polar surface area (TPSA) is 144 Å². The highest BCUT2D eigenvalue weighted by atomic mass is 19.1. The SMILES string of the molecule is NC(=O)c1nc(/C=C\c2cccc(F)c2)n([C@@H]2O[C@H](CO)[C@@H](O)[C@H]2O)n1. The smallest absolute Gasteiger partial charge is 0.288 e. The van der Waals surface area contributed by atoms with E-state index in [0.717, 1.165) is 4.68 Å². The van der Waals surface area contributed by atoms with Crippen molar-refractivity contribution in [1.29, 1.82) is 0 Å². The first kappa shape index (κ1) is 18.1. The number of nitrogens with zero attached hydrogens (tertiary/aromatic N) is 3. The van der Waals surface area contributed by atoms with Crippen LogP contribution < -0.4 is 5.73 Å². The summed E-state index contributed by atoms with van der Waals surface area (Å²) in [6, 6.07) is 5.77. The Bertz CT molecular complexity index is 840. The molecule has 0 saturated carbocycles. The number of aliphatic hydroxyl groups excluding tert-OH is 3. The highest BCUT2D eigenvalue weighted by Gasteiger charge is 2.44. The fraction of sp³-hybridized carbons (Fsp3) is 0.312. The first-order valence-corrected chi connectivity index (χ1v) is 7.73. The van der Waals surface area contributed by atoms with E-state index in [1.54, 1.807) is 6.07 Å². The number of benzene rings is 1. The maximum absolute atomic E-state index is 13.3. The van der Waals surface area contributed by atoms with Gasteiger partial charge in [0.25, 0.3) is 5.91 Å². The number of rotatable bonds is 5. The van der Waals surface area contributed by atoms with Crippen LogP contribution in [-0.2, 0) is 4.74 Å². The van der Waals surface area contributed by atoms with Crippen molar-refractivity contribution in [2.45, 2.75) is 24.5 Å². The predicted molar refractivity (Wildman–Crippen MR) is 86.9 cm³/mol. The zero-order valence-corrected chi connectivity index (χ0v) is 13.4. The summed E-state index contributed by atoms with van der Waals surface area (Å²) in [6.45, 7) is -0.513. The molecule has 1 amide bonds. The molecule has 9 nitrogen and oxygen atoms in total. The van der Waals surface area contributed by atoms with E-state index in [0.29, 0.717) is 5.56 Å². The molecule has 2 heterocycles. The Kier molecular flexibility index (Phi) is 5.09. The fourth-order valence-corrected chi connectivity index (χ4v) is 2.60. The number of carbonyl (C=O) groups excluding carboxylic acids is 1. The van der Waals surface area contributed by atoms with Crippen molar-refractivity contribution in [2.75, 3.05) is 6.61 Å². The maximum Gasteiger partial charge on any atom is 0.288 e. The van der Waals surface area contributed by atoms with Crippen LogP contribution in [0.1, 0.15) is 28.2 Å². The summed E-state index contributed by atoms with van der Waals surface area (Å²) in [5, 5.41) is 33.1. The fourth-order valence-electron chi connectivity index (χ4n) is 2.60. The first-order valence-electron chi connectivity index (χ1n) is 7.73. The minimum atomic E-state index is -1.41. The van der Waals surface area contributed by atoms with Gasteiger partial charge in [0.15, 0.2) is 12.1 Å². The van der Waals surface area contributed by atoms with E-state index in [4.69, 9.17) is 10.5 Å². The van der Waals surface area contributed by atoms with Crippen molar-refractivity contribution in [3.8, 4) is 0 Å². The third-order valence-electron chi connectivity index (χ3n) is 3.91. The number of halogens is 1. The second kappa shape index (κ2) is 7.30. The molecule has 10 heteroatoms. The van der Waals surface area contributed by atoms with Crippen LogP contribution in [0.2, 0.25) is 0 Å². The number of carbonyl (C=O) groups is 1. The monoisotopic (exact) mass is 364 g/mol. The molecule has 1 aliphatic heterocycles. The molecule has 3 rings (SSSR count). The molecule has 138 valence electrons.